The van der Waals surface area contributed by atoms with Gasteiger partial charge in [0.15, 0.2) is 0 Å². The van der Waals surface area contributed by atoms with E-state index in [1.54, 1.807) is 0 Å². The summed E-state index contributed by atoms with van der Waals surface area (Å²) in [6.45, 7) is 0.231. The minimum Gasteiger partial charge on any atom is -0.453 e. The summed E-state index contributed by atoms with van der Waals surface area (Å²) in [4.78, 5) is 22.0. The number of ether oxygens (including phenoxy) is 1. The second-order valence-electron chi connectivity index (χ2n) is 2.06. The van der Waals surface area contributed by atoms with Gasteiger partial charge in [0.25, 0.3) is 0 Å². The second kappa shape index (κ2) is 4.54. The van der Waals surface area contributed by atoms with E-state index in [-0.39, 0.29) is 13.0 Å². The molecule has 5 heteroatoms. The second-order valence-corrected chi connectivity index (χ2v) is 2.06. The normalized spacial score (nSPS) is 8.91. The summed E-state index contributed by atoms with van der Waals surface area (Å²) >= 11 is 0. The van der Waals surface area contributed by atoms with Crippen molar-refractivity contribution in [3.8, 4) is 0 Å². The van der Waals surface area contributed by atoms with Crippen LogP contribution in [0.15, 0.2) is 0 Å². The fourth-order valence-corrected chi connectivity index (χ4v) is 0.516. The van der Waals surface area contributed by atoms with Crippen LogP contribution in [0.4, 0.5) is 4.79 Å². The van der Waals surface area contributed by atoms with Crippen molar-refractivity contribution in [2.45, 2.75) is 6.42 Å². The van der Waals surface area contributed by atoms with Crippen LogP contribution in [0.25, 0.3) is 0 Å². The maximum atomic E-state index is 10.7. The number of nitrogens with one attached hydrogen (secondary N) is 1. The van der Waals surface area contributed by atoms with Crippen LogP contribution in [0.3, 0.4) is 0 Å². The number of nitrogens with zero attached hydrogens (tertiary/aromatic N) is 1. The fourth-order valence-electron chi connectivity index (χ4n) is 0.516. The highest BCUT2D eigenvalue weighted by Crippen LogP contribution is 1.90. The molecule has 2 amide bonds. The number of rotatable bonds is 3. The van der Waals surface area contributed by atoms with Gasteiger partial charge in [0.2, 0.25) is 5.91 Å². The summed E-state index contributed by atoms with van der Waals surface area (Å²) in [6.07, 6.45) is -0.447. The summed E-state index contributed by atoms with van der Waals surface area (Å²) in [5.74, 6) is -0.680. The van der Waals surface area contributed by atoms with E-state index in [2.05, 4.69) is 4.74 Å². The van der Waals surface area contributed by atoms with Crippen LogP contribution in [0, 0.1) is 0 Å². The molecule has 0 rings (SSSR count). The predicted molar refractivity (Wildman–Crippen MR) is 37.8 cm³/mol. The molecule has 63 valence electrons. The van der Waals surface area contributed by atoms with E-state index in [1.165, 1.54) is 19.1 Å². The number of hydrogen-bond acceptors (Lipinski definition) is 3. The van der Waals surface area contributed by atoms with Gasteiger partial charge < -0.3 is 9.64 Å². The van der Waals surface area contributed by atoms with Crippen LogP contribution in [-0.4, -0.2) is 37.6 Å². The molecule has 0 unspecified atom stereocenters. The summed E-state index contributed by atoms with van der Waals surface area (Å²) in [5.41, 5.74) is 6.55. The van der Waals surface area contributed by atoms with Crippen molar-refractivity contribution in [1.82, 2.24) is 10.6 Å². The van der Waals surface area contributed by atoms with Crippen molar-refractivity contribution < 1.29 is 14.3 Å². The first-order chi connectivity index (χ1) is 5.07. The molecule has 0 heterocycles. The molecule has 0 spiro atoms. The topological polar surface area (TPSA) is 70.4 Å². The van der Waals surface area contributed by atoms with Gasteiger partial charge in [-0.2, -0.15) is 0 Å². The SMILES string of the molecule is COC(=O)N(C)CCC([NH])=O. The molecule has 0 aromatic rings. The minimum atomic E-state index is -0.680. The Kier molecular flexibility index (Phi) is 4.02. The molecule has 0 saturated heterocycles. The summed E-state index contributed by atoms with van der Waals surface area (Å²) in [7, 11) is 2.77. The molecular formula is C6H11N2O3. The fraction of sp³-hybridized carbons (Fsp3) is 0.667. The van der Waals surface area contributed by atoms with E-state index in [4.69, 9.17) is 5.73 Å². The van der Waals surface area contributed by atoms with Gasteiger partial charge in [0, 0.05) is 20.0 Å². The molecule has 0 fully saturated rings. The molecule has 0 aliphatic heterocycles. The standard InChI is InChI=1S/C6H11N2O3/c1-8(6(10)11-2)4-3-5(7)9/h7H,3-4H2,1-2H3. The van der Waals surface area contributed by atoms with Crippen molar-refractivity contribution in [1.29, 1.82) is 0 Å². The van der Waals surface area contributed by atoms with Gasteiger partial charge in [0.1, 0.15) is 0 Å². The molecule has 1 radical (unpaired) electrons. The lowest BCUT2D eigenvalue weighted by Gasteiger charge is -2.13. The molecule has 0 atom stereocenters. The van der Waals surface area contributed by atoms with Gasteiger partial charge >= 0.3 is 6.09 Å². The lowest BCUT2D eigenvalue weighted by molar-refractivity contribution is -0.118. The lowest BCUT2D eigenvalue weighted by Crippen LogP contribution is -2.28. The average molecular weight is 159 g/mol. The Balaban J connectivity index is 3.60. The molecule has 0 saturated carbocycles. The summed E-state index contributed by atoms with van der Waals surface area (Å²) in [6, 6.07) is 0. The Morgan fingerprint density at radius 1 is 1.55 bits per heavy atom. The molecular weight excluding hydrogens is 148 g/mol. The van der Waals surface area contributed by atoms with Crippen molar-refractivity contribution in [3.05, 3.63) is 0 Å². The van der Waals surface area contributed by atoms with Crippen LogP contribution in [-0.2, 0) is 9.53 Å². The van der Waals surface area contributed by atoms with Crippen LogP contribution < -0.4 is 5.73 Å². The molecule has 0 aliphatic carbocycles. The molecule has 11 heavy (non-hydrogen) atoms. The highest BCUT2D eigenvalue weighted by Gasteiger charge is 2.08. The van der Waals surface area contributed by atoms with E-state index in [0.717, 1.165) is 0 Å². The van der Waals surface area contributed by atoms with E-state index in [1.807, 2.05) is 0 Å². The number of carbonyl (C=O) groups excluding carboxylic acids is 2. The zero-order valence-electron chi connectivity index (χ0n) is 6.59. The highest BCUT2D eigenvalue weighted by atomic mass is 16.5. The third-order valence-corrected chi connectivity index (χ3v) is 1.16. The minimum absolute atomic E-state index is 0.0472. The third-order valence-electron chi connectivity index (χ3n) is 1.16. The molecule has 0 bridgehead atoms. The highest BCUT2D eigenvalue weighted by molar-refractivity contribution is 5.74. The molecule has 1 N–H and O–H groups in total. The van der Waals surface area contributed by atoms with E-state index < -0.39 is 12.0 Å². The van der Waals surface area contributed by atoms with Crippen LogP contribution in [0.5, 0.6) is 0 Å². The lowest BCUT2D eigenvalue weighted by atomic mass is 10.4. The molecule has 5 nitrogen and oxygen atoms in total. The first-order valence-corrected chi connectivity index (χ1v) is 3.11. The third kappa shape index (κ3) is 4.19. The maximum absolute atomic E-state index is 10.7. The quantitative estimate of drug-likeness (QED) is 0.576. The van der Waals surface area contributed by atoms with Gasteiger partial charge in [-0.3, -0.25) is 10.5 Å². The number of hydrogen-bond donors (Lipinski definition) is 0. The van der Waals surface area contributed by atoms with Crippen LogP contribution >= 0.6 is 0 Å². The maximum Gasteiger partial charge on any atom is 0.409 e. The summed E-state index contributed by atoms with van der Waals surface area (Å²) in [5, 5.41) is 0. The Hall–Kier alpha value is -1.26. The zero-order chi connectivity index (χ0) is 8.85. The van der Waals surface area contributed by atoms with Gasteiger partial charge in [-0.05, 0) is 0 Å². The van der Waals surface area contributed by atoms with Crippen molar-refractivity contribution >= 4 is 12.0 Å². The monoisotopic (exact) mass is 159 g/mol. The number of amides is 2. The van der Waals surface area contributed by atoms with Crippen molar-refractivity contribution in [3.63, 3.8) is 0 Å². The van der Waals surface area contributed by atoms with Gasteiger partial charge in [0.05, 0.1) is 7.11 Å². The van der Waals surface area contributed by atoms with Gasteiger partial charge in [-0.1, -0.05) is 0 Å². The van der Waals surface area contributed by atoms with E-state index in [9.17, 15) is 9.59 Å². The number of carbonyl (C=O) groups is 2. The Labute approximate surface area is 65.1 Å². The zero-order valence-corrected chi connectivity index (χ0v) is 6.59. The van der Waals surface area contributed by atoms with Crippen molar-refractivity contribution in [2.75, 3.05) is 20.7 Å². The van der Waals surface area contributed by atoms with E-state index in [0.29, 0.717) is 0 Å². The van der Waals surface area contributed by atoms with Crippen LogP contribution in [0.2, 0.25) is 0 Å². The average Bonchev–Trinajstić information content (AvgIpc) is 1.98. The number of methoxy groups -OCH3 is 1. The Bertz CT molecular complexity index is 158. The van der Waals surface area contributed by atoms with E-state index >= 15 is 0 Å². The largest absolute Gasteiger partial charge is 0.453 e. The predicted octanol–water partition coefficient (Wildman–Crippen LogP) is -0.116. The molecule has 0 aromatic carbocycles. The van der Waals surface area contributed by atoms with Gasteiger partial charge in [-0.15, -0.1) is 0 Å². The Morgan fingerprint density at radius 3 is 2.45 bits per heavy atom. The molecule has 0 aliphatic rings. The summed E-state index contributed by atoms with van der Waals surface area (Å²) < 4.78 is 4.36. The first-order valence-electron chi connectivity index (χ1n) is 3.11. The first kappa shape index (κ1) is 9.74. The van der Waals surface area contributed by atoms with Gasteiger partial charge in [-0.25, -0.2) is 4.79 Å². The Morgan fingerprint density at radius 2 is 2.09 bits per heavy atom. The van der Waals surface area contributed by atoms with Crippen molar-refractivity contribution in [2.24, 2.45) is 0 Å². The van der Waals surface area contributed by atoms with Crippen LogP contribution in [0.1, 0.15) is 6.42 Å². The smallest absolute Gasteiger partial charge is 0.409 e. The molecule has 0 aromatic heterocycles.